The van der Waals surface area contributed by atoms with Gasteiger partial charge in [0.1, 0.15) is 0 Å². The van der Waals surface area contributed by atoms with E-state index in [2.05, 4.69) is 26.8 Å². The van der Waals surface area contributed by atoms with Gasteiger partial charge in [-0.25, -0.2) is 0 Å². The third kappa shape index (κ3) is 1.87. The van der Waals surface area contributed by atoms with Crippen LogP contribution in [0.1, 0.15) is 39.2 Å². The van der Waals surface area contributed by atoms with Crippen molar-refractivity contribution in [3.05, 3.63) is 51.6 Å². The minimum atomic E-state index is -0.376. The van der Waals surface area contributed by atoms with Gasteiger partial charge in [-0.1, -0.05) is 37.6 Å². The molecular weight excluding hydrogens is 318 g/mol. The highest BCUT2D eigenvalue weighted by molar-refractivity contribution is 5.78. The van der Waals surface area contributed by atoms with Crippen LogP contribution in [0.2, 0.25) is 0 Å². The zero-order valence-electron chi connectivity index (χ0n) is 15.0. The van der Waals surface area contributed by atoms with Crippen molar-refractivity contribution in [3.8, 4) is 0 Å². The van der Waals surface area contributed by atoms with Gasteiger partial charge >= 0.3 is 5.97 Å². The lowest BCUT2D eigenvalue weighted by molar-refractivity contribution is -0.384. The summed E-state index contributed by atoms with van der Waals surface area (Å²) in [5.74, 6) is 0.655. The molecule has 0 N–H and O–H groups in total. The standard InChI is InChI=1S/C20H23NO4/c1-5-25-18(22)16-15-14-11(2)10-19(16,3)17(20(14,15)4)12-6-8-13(9-7-12)21(23)24/h6-10,14-17H,5H2,1-4H3/t14-,15+,16-,17-,19+,20-/m1/s1. The lowest BCUT2D eigenvalue weighted by Crippen LogP contribution is -2.41. The van der Waals surface area contributed by atoms with E-state index in [0.29, 0.717) is 18.4 Å². The van der Waals surface area contributed by atoms with Crippen LogP contribution >= 0.6 is 0 Å². The molecule has 132 valence electrons. The average Bonchev–Trinajstić information content (AvgIpc) is 3.09. The summed E-state index contributed by atoms with van der Waals surface area (Å²) in [6.45, 7) is 8.81. The van der Waals surface area contributed by atoms with Crippen molar-refractivity contribution in [2.75, 3.05) is 6.61 Å². The minimum absolute atomic E-state index is 0.0289. The Balaban J connectivity index is 1.79. The van der Waals surface area contributed by atoms with Crippen molar-refractivity contribution in [1.29, 1.82) is 0 Å². The number of non-ortho nitro benzene ring substituents is 1. The van der Waals surface area contributed by atoms with Crippen molar-refractivity contribution < 1.29 is 14.5 Å². The summed E-state index contributed by atoms with van der Waals surface area (Å²) in [5, 5.41) is 11.0. The number of nitro groups is 1. The molecule has 5 heteroatoms. The number of nitrogens with zero attached hydrogens (tertiary/aromatic N) is 1. The SMILES string of the molecule is CCOC(=O)[C@H]1[C@@H]2[C@H]3C(C)=C[C@]1(C)[C@@H](c1ccc([N+](=O)[O-])cc1)[C@@]23C. The molecule has 6 atom stereocenters. The predicted octanol–water partition coefficient (Wildman–Crippen LogP) is 4.09. The zero-order valence-corrected chi connectivity index (χ0v) is 15.0. The summed E-state index contributed by atoms with van der Waals surface area (Å²) >= 11 is 0. The highest BCUT2D eigenvalue weighted by Crippen LogP contribution is 2.85. The van der Waals surface area contributed by atoms with Crippen LogP contribution in [0.5, 0.6) is 0 Å². The molecule has 4 aliphatic carbocycles. The molecule has 0 saturated heterocycles. The molecule has 0 unspecified atom stereocenters. The quantitative estimate of drug-likeness (QED) is 0.358. The lowest BCUT2D eigenvalue weighted by atomic mass is 9.59. The van der Waals surface area contributed by atoms with Gasteiger partial charge in [-0.3, -0.25) is 14.9 Å². The second-order valence-electron chi connectivity index (χ2n) is 8.14. The van der Waals surface area contributed by atoms with Gasteiger partial charge in [0, 0.05) is 17.5 Å². The third-order valence-corrected chi connectivity index (χ3v) is 6.92. The second kappa shape index (κ2) is 4.93. The maximum absolute atomic E-state index is 12.7. The molecule has 0 spiro atoms. The maximum Gasteiger partial charge on any atom is 0.310 e. The Morgan fingerprint density at radius 2 is 1.92 bits per heavy atom. The molecule has 4 bridgehead atoms. The Bertz CT molecular complexity index is 798. The number of carbonyl (C=O) groups is 1. The number of ether oxygens (including phenoxy) is 1. The molecule has 0 aromatic heterocycles. The molecule has 1 aromatic carbocycles. The van der Waals surface area contributed by atoms with Crippen LogP contribution in [0, 0.1) is 38.7 Å². The highest BCUT2D eigenvalue weighted by atomic mass is 16.6. The van der Waals surface area contributed by atoms with Gasteiger partial charge < -0.3 is 4.74 Å². The number of nitro benzene ring substituents is 1. The Morgan fingerprint density at radius 3 is 2.48 bits per heavy atom. The first-order valence-corrected chi connectivity index (χ1v) is 8.87. The number of benzene rings is 1. The first-order valence-electron chi connectivity index (χ1n) is 8.87. The fourth-order valence-electron chi connectivity index (χ4n) is 6.39. The minimum Gasteiger partial charge on any atom is -0.466 e. The molecule has 2 fully saturated rings. The molecule has 0 aliphatic heterocycles. The Labute approximate surface area is 147 Å². The van der Waals surface area contributed by atoms with Crippen molar-refractivity contribution >= 4 is 11.7 Å². The van der Waals surface area contributed by atoms with Gasteiger partial charge in [0.25, 0.3) is 5.69 Å². The number of allylic oxidation sites excluding steroid dienone is 2. The molecule has 5 rings (SSSR count). The molecule has 25 heavy (non-hydrogen) atoms. The van der Waals surface area contributed by atoms with E-state index in [-0.39, 0.29) is 39.2 Å². The fourth-order valence-corrected chi connectivity index (χ4v) is 6.39. The van der Waals surface area contributed by atoms with Gasteiger partial charge in [-0.05, 0) is 42.6 Å². The van der Waals surface area contributed by atoms with Gasteiger partial charge in [-0.2, -0.15) is 0 Å². The predicted molar refractivity (Wildman–Crippen MR) is 92.9 cm³/mol. The van der Waals surface area contributed by atoms with Crippen LogP contribution in [0.25, 0.3) is 0 Å². The topological polar surface area (TPSA) is 69.4 Å². The number of rotatable bonds is 4. The average molecular weight is 341 g/mol. The first kappa shape index (κ1) is 16.3. The largest absolute Gasteiger partial charge is 0.466 e. The molecule has 4 aliphatic rings. The molecular formula is C20H23NO4. The van der Waals surface area contributed by atoms with Crippen LogP contribution in [-0.2, 0) is 9.53 Å². The summed E-state index contributed by atoms with van der Waals surface area (Å²) in [7, 11) is 0. The molecule has 2 saturated carbocycles. The summed E-state index contributed by atoms with van der Waals surface area (Å²) in [4.78, 5) is 23.3. The van der Waals surface area contributed by atoms with Crippen molar-refractivity contribution in [3.63, 3.8) is 0 Å². The molecule has 5 nitrogen and oxygen atoms in total. The number of esters is 1. The van der Waals surface area contributed by atoms with E-state index in [1.54, 1.807) is 12.1 Å². The van der Waals surface area contributed by atoms with E-state index >= 15 is 0 Å². The van der Waals surface area contributed by atoms with Crippen molar-refractivity contribution in [1.82, 2.24) is 0 Å². The third-order valence-electron chi connectivity index (χ3n) is 6.92. The van der Waals surface area contributed by atoms with Gasteiger partial charge in [0.15, 0.2) is 0 Å². The van der Waals surface area contributed by atoms with E-state index in [1.807, 2.05) is 19.1 Å². The van der Waals surface area contributed by atoms with Crippen molar-refractivity contribution in [2.45, 2.75) is 33.6 Å². The molecule has 0 amide bonds. The number of hydrogen-bond acceptors (Lipinski definition) is 4. The zero-order chi connectivity index (χ0) is 18.1. The van der Waals surface area contributed by atoms with Crippen LogP contribution in [0.3, 0.4) is 0 Å². The van der Waals surface area contributed by atoms with E-state index in [9.17, 15) is 14.9 Å². The summed E-state index contributed by atoms with van der Waals surface area (Å²) in [6, 6.07) is 6.87. The van der Waals surface area contributed by atoms with E-state index in [0.717, 1.165) is 5.56 Å². The van der Waals surface area contributed by atoms with Crippen LogP contribution < -0.4 is 0 Å². The Kier molecular flexibility index (Phi) is 3.22. The summed E-state index contributed by atoms with van der Waals surface area (Å²) in [6.07, 6.45) is 2.26. The van der Waals surface area contributed by atoms with Gasteiger partial charge in [0.05, 0.1) is 17.4 Å². The number of hydrogen-bond donors (Lipinski definition) is 0. The second-order valence-corrected chi connectivity index (χ2v) is 8.14. The smallest absolute Gasteiger partial charge is 0.310 e. The van der Waals surface area contributed by atoms with Crippen LogP contribution in [0.15, 0.2) is 35.9 Å². The fraction of sp³-hybridized carbons (Fsp3) is 0.550. The van der Waals surface area contributed by atoms with Crippen molar-refractivity contribution in [2.24, 2.45) is 28.6 Å². The summed E-state index contributed by atoms with van der Waals surface area (Å²) in [5.41, 5.74) is 2.28. The monoisotopic (exact) mass is 341 g/mol. The lowest BCUT2D eigenvalue weighted by Gasteiger charge is -2.44. The van der Waals surface area contributed by atoms with E-state index < -0.39 is 0 Å². The summed E-state index contributed by atoms with van der Waals surface area (Å²) < 4.78 is 5.40. The Hall–Kier alpha value is -2.17. The highest BCUT2D eigenvalue weighted by Gasteiger charge is 2.82. The normalized spacial score (nSPS) is 40.4. The maximum atomic E-state index is 12.7. The molecule has 1 aromatic rings. The van der Waals surface area contributed by atoms with E-state index in [4.69, 9.17) is 4.74 Å². The van der Waals surface area contributed by atoms with Crippen LogP contribution in [0.4, 0.5) is 5.69 Å². The number of carbonyl (C=O) groups excluding carboxylic acids is 1. The molecule has 0 heterocycles. The van der Waals surface area contributed by atoms with E-state index in [1.165, 1.54) is 5.57 Å². The van der Waals surface area contributed by atoms with Crippen LogP contribution in [-0.4, -0.2) is 17.5 Å². The molecule has 0 radical (unpaired) electrons. The van der Waals surface area contributed by atoms with Gasteiger partial charge in [0.2, 0.25) is 0 Å². The first-order chi connectivity index (χ1) is 11.8. The van der Waals surface area contributed by atoms with Gasteiger partial charge in [-0.15, -0.1) is 0 Å². The Morgan fingerprint density at radius 1 is 1.28 bits per heavy atom.